The molecule has 0 aliphatic heterocycles. The highest BCUT2D eigenvalue weighted by Crippen LogP contribution is 2.20. The van der Waals surface area contributed by atoms with Crippen LogP contribution in [0.2, 0.25) is 0 Å². The zero-order valence-corrected chi connectivity index (χ0v) is 12.0. The van der Waals surface area contributed by atoms with E-state index in [1.807, 2.05) is 19.1 Å². The van der Waals surface area contributed by atoms with Gasteiger partial charge in [0.05, 0.1) is 0 Å². The van der Waals surface area contributed by atoms with Crippen molar-refractivity contribution in [2.45, 2.75) is 25.3 Å². The molecule has 120 valence electrons. The highest BCUT2D eigenvalue weighted by Gasteiger charge is 2.38. The predicted molar refractivity (Wildman–Crippen MR) is 72.2 cm³/mol. The average molecular weight is 307 g/mol. The summed E-state index contributed by atoms with van der Waals surface area (Å²) in [4.78, 5) is 1.21. The lowest BCUT2D eigenvalue weighted by Gasteiger charge is -2.24. The van der Waals surface area contributed by atoms with Crippen molar-refractivity contribution in [1.29, 1.82) is 0 Å². The third-order valence-corrected chi connectivity index (χ3v) is 2.82. The minimum atomic E-state index is -4.66. The first-order valence-electron chi connectivity index (χ1n) is 6.49. The van der Waals surface area contributed by atoms with Gasteiger partial charge in [0.1, 0.15) is 18.5 Å². The van der Waals surface area contributed by atoms with Crippen LogP contribution in [-0.4, -0.2) is 60.2 Å². The van der Waals surface area contributed by atoms with Gasteiger partial charge < -0.3 is 19.8 Å². The summed E-state index contributed by atoms with van der Waals surface area (Å²) in [7, 11) is 1.39. The van der Waals surface area contributed by atoms with E-state index in [0.29, 0.717) is 5.75 Å². The number of hydrogen-bond donors (Lipinski definition) is 2. The Kier molecular flexibility index (Phi) is 6.44. The van der Waals surface area contributed by atoms with Crippen LogP contribution in [0.1, 0.15) is 5.56 Å². The molecule has 0 heterocycles. The summed E-state index contributed by atoms with van der Waals surface area (Å²) < 4.78 is 41.9. The lowest BCUT2D eigenvalue weighted by atomic mass is 10.2. The summed E-state index contributed by atoms with van der Waals surface area (Å²) in [6.45, 7) is 1.25. The molecule has 0 amide bonds. The average Bonchev–Trinajstić information content (AvgIpc) is 2.35. The van der Waals surface area contributed by atoms with Crippen LogP contribution in [0.15, 0.2) is 24.3 Å². The Bertz CT molecular complexity index is 440. The van der Waals surface area contributed by atoms with Crippen LogP contribution in [0, 0.1) is 6.92 Å². The number of aryl methyl sites for hydroxylation is 1. The lowest BCUT2D eigenvalue weighted by Crippen LogP contribution is -2.42. The van der Waals surface area contributed by atoms with E-state index in [1.165, 1.54) is 11.9 Å². The first-order chi connectivity index (χ1) is 9.68. The van der Waals surface area contributed by atoms with Crippen molar-refractivity contribution in [3.63, 3.8) is 0 Å². The maximum atomic E-state index is 12.2. The monoisotopic (exact) mass is 307 g/mol. The summed E-state index contributed by atoms with van der Waals surface area (Å²) in [6, 6.07) is 7.24. The second kappa shape index (κ2) is 7.63. The molecular weight excluding hydrogens is 287 g/mol. The van der Waals surface area contributed by atoms with E-state index in [-0.39, 0.29) is 13.2 Å². The minimum absolute atomic E-state index is 0.0288. The van der Waals surface area contributed by atoms with Gasteiger partial charge in [-0.1, -0.05) is 12.1 Å². The molecule has 0 spiro atoms. The molecule has 0 aliphatic rings. The molecular formula is C14H20F3NO3. The molecule has 0 aromatic heterocycles. The molecule has 0 bridgehead atoms. The van der Waals surface area contributed by atoms with Crippen LogP contribution in [0.4, 0.5) is 13.2 Å². The molecule has 21 heavy (non-hydrogen) atoms. The van der Waals surface area contributed by atoms with E-state index in [9.17, 15) is 18.3 Å². The quantitative estimate of drug-likeness (QED) is 0.803. The maximum absolute atomic E-state index is 12.2. The number of nitrogens with zero attached hydrogens (tertiary/aromatic N) is 1. The smallest absolute Gasteiger partial charge is 0.415 e. The molecule has 2 atom stereocenters. The second-order valence-electron chi connectivity index (χ2n) is 5.06. The normalized spacial score (nSPS) is 15.0. The Morgan fingerprint density at radius 3 is 2.48 bits per heavy atom. The molecule has 0 fully saturated rings. The topological polar surface area (TPSA) is 52.9 Å². The first kappa shape index (κ1) is 17.7. The lowest BCUT2D eigenvalue weighted by molar-refractivity contribution is -0.208. The fraction of sp³-hybridized carbons (Fsp3) is 0.571. The number of alkyl halides is 3. The number of benzene rings is 1. The van der Waals surface area contributed by atoms with Gasteiger partial charge >= 0.3 is 6.18 Å². The zero-order valence-electron chi connectivity index (χ0n) is 12.0. The Morgan fingerprint density at radius 1 is 1.24 bits per heavy atom. The van der Waals surface area contributed by atoms with Gasteiger partial charge in [0.15, 0.2) is 6.10 Å². The van der Waals surface area contributed by atoms with E-state index in [1.54, 1.807) is 12.1 Å². The van der Waals surface area contributed by atoms with Gasteiger partial charge in [-0.3, -0.25) is 0 Å². The van der Waals surface area contributed by atoms with Gasteiger partial charge in [0.2, 0.25) is 0 Å². The number of aliphatic hydroxyl groups excluding tert-OH is 2. The van der Waals surface area contributed by atoms with Gasteiger partial charge in [0, 0.05) is 13.1 Å². The number of rotatable bonds is 7. The predicted octanol–water partition coefficient (Wildman–Crippen LogP) is 1.59. The molecule has 0 aliphatic carbocycles. The van der Waals surface area contributed by atoms with Crippen molar-refractivity contribution in [2.24, 2.45) is 0 Å². The summed E-state index contributed by atoms with van der Waals surface area (Å²) in [5, 5.41) is 18.7. The largest absolute Gasteiger partial charge is 0.491 e. The van der Waals surface area contributed by atoms with Crippen molar-refractivity contribution >= 4 is 0 Å². The van der Waals surface area contributed by atoms with Gasteiger partial charge in [-0.15, -0.1) is 0 Å². The number of hydrogen-bond acceptors (Lipinski definition) is 4. The fourth-order valence-electron chi connectivity index (χ4n) is 1.78. The number of ether oxygens (including phenoxy) is 1. The molecule has 0 radical (unpaired) electrons. The minimum Gasteiger partial charge on any atom is -0.491 e. The van der Waals surface area contributed by atoms with Crippen LogP contribution in [0.25, 0.3) is 0 Å². The number of aliphatic hydroxyl groups is 2. The number of likely N-dealkylation sites (N-methyl/N-ethyl adjacent to an activating group) is 1. The van der Waals surface area contributed by atoms with Crippen molar-refractivity contribution < 1.29 is 28.1 Å². The molecule has 0 saturated heterocycles. The van der Waals surface area contributed by atoms with E-state index in [4.69, 9.17) is 9.84 Å². The number of halogens is 3. The van der Waals surface area contributed by atoms with E-state index in [0.717, 1.165) is 5.56 Å². The van der Waals surface area contributed by atoms with Gasteiger partial charge in [0.25, 0.3) is 0 Å². The summed E-state index contributed by atoms with van der Waals surface area (Å²) >= 11 is 0. The van der Waals surface area contributed by atoms with Crippen molar-refractivity contribution in [1.82, 2.24) is 4.90 Å². The van der Waals surface area contributed by atoms with Crippen LogP contribution in [-0.2, 0) is 0 Å². The van der Waals surface area contributed by atoms with Gasteiger partial charge in [-0.25, -0.2) is 0 Å². The van der Waals surface area contributed by atoms with Crippen LogP contribution in [0.5, 0.6) is 5.75 Å². The van der Waals surface area contributed by atoms with Crippen LogP contribution < -0.4 is 4.74 Å². The van der Waals surface area contributed by atoms with Crippen molar-refractivity contribution in [2.75, 3.05) is 26.7 Å². The van der Waals surface area contributed by atoms with Crippen LogP contribution >= 0.6 is 0 Å². The standard InChI is InChI=1S/C14H20F3NO3/c1-10-4-3-5-12(6-10)21-9-11(19)7-18(2)8-13(20)14(15,16)17/h3-6,11,13,19-20H,7-9H2,1-2H3. The van der Waals surface area contributed by atoms with E-state index >= 15 is 0 Å². The summed E-state index contributed by atoms with van der Waals surface area (Å²) in [5.41, 5.74) is 1.01. The molecule has 1 aromatic rings. The van der Waals surface area contributed by atoms with E-state index < -0.39 is 24.9 Å². The van der Waals surface area contributed by atoms with E-state index in [2.05, 4.69) is 0 Å². The Hall–Kier alpha value is -1.31. The second-order valence-corrected chi connectivity index (χ2v) is 5.06. The van der Waals surface area contributed by atoms with Gasteiger partial charge in [-0.05, 0) is 31.7 Å². The van der Waals surface area contributed by atoms with Crippen molar-refractivity contribution in [3.05, 3.63) is 29.8 Å². The van der Waals surface area contributed by atoms with Gasteiger partial charge in [-0.2, -0.15) is 13.2 Å². The molecule has 2 N–H and O–H groups in total. The molecule has 2 unspecified atom stereocenters. The van der Waals surface area contributed by atoms with Crippen LogP contribution in [0.3, 0.4) is 0 Å². The molecule has 4 nitrogen and oxygen atoms in total. The SMILES string of the molecule is Cc1cccc(OCC(O)CN(C)CC(O)C(F)(F)F)c1. The zero-order chi connectivity index (χ0) is 16.0. The third-order valence-electron chi connectivity index (χ3n) is 2.82. The maximum Gasteiger partial charge on any atom is 0.415 e. The first-order valence-corrected chi connectivity index (χ1v) is 6.49. The Labute approximate surface area is 121 Å². The Morgan fingerprint density at radius 2 is 1.90 bits per heavy atom. The third kappa shape index (κ3) is 6.79. The molecule has 0 saturated carbocycles. The molecule has 1 rings (SSSR count). The highest BCUT2D eigenvalue weighted by atomic mass is 19.4. The fourth-order valence-corrected chi connectivity index (χ4v) is 1.78. The highest BCUT2D eigenvalue weighted by molar-refractivity contribution is 5.27. The molecule has 1 aromatic carbocycles. The summed E-state index contributed by atoms with van der Waals surface area (Å²) in [5.74, 6) is 0.590. The summed E-state index contributed by atoms with van der Waals surface area (Å²) in [6.07, 6.45) is -8.03. The molecule has 7 heteroatoms. The Balaban J connectivity index is 2.34. The van der Waals surface area contributed by atoms with Crippen molar-refractivity contribution in [3.8, 4) is 5.75 Å².